The standard InChI is InChI=1S/C15H25NO3/c1-13(2)9(10(13)12(18)19)11(17)16-7-8-14(3,4)15(8,5)6/h8-10H,7H2,1-6H3,(H,16,17)(H,18,19)/t9-,10+/m1/s1. The van der Waals surface area contributed by atoms with Gasteiger partial charge in [-0.05, 0) is 22.2 Å². The second-order valence-corrected chi connectivity index (χ2v) is 7.86. The van der Waals surface area contributed by atoms with Crippen LogP contribution in [0.25, 0.3) is 0 Å². The minimum atomic E-state index is -0.864. The van der Waals surface area contributed by atoms with Crippen molar-refractivity contribution in [3.8, 4) is 0 Å². The summed E-state index contributed by atoms with van der Waals surface area (Å²) in [7, 11) is 0. The first-order valence-electron chi connectivity index (χ1n) is 6.96. The van der Waals surface area contributed by atoms with Crippen LogP contribution in [0.3, 0.4) is 0 Å². The van der Waals surface area contributed by atoms with Gasteiger partial charge < -0.3 is 10.4 Å². The topological polar surface area (TPSA) is 66.4 Å². The molecule has 0 aromatic heterocycles. The van der Waals surface area contributed by atoms with Crippen molar-refractivity contribution < 1.29 is 14.7 Å². The molecule has 108 valence electrons. The van der Waals surface area contributed by atoms with E-state index in [1.54, 1.807) is 0 Å². The summed E-state index contributed by atoms with van der Waals surface area (Å²) in [5.74, 6) is -1.41. The van der Waals surface area contributed by atoms with Gasteiger partial charge >= 0.3 is 5.97 Å². The predicted octanol–water partition coefficient (Wildman–Crippen LogP) is 2.14. The highest BCUT2D eigenvalue weighted by Gasteiger charge is 2.67. The summed E-state index contributed by atoms with van der Waals surface area (Å²) in [5, 5.41) is 12.0. The number of carboxylic acids is 1. The third kappa shape index (κ3) is 1.87. The molecule has 0 bridgehead atoms. The Bertz CT molecular complexity index is 423. The van der Waals surface area contributed by atoms with E-state index in [4.69, 9.17) is 5.11 Å². The van der Waals surface area contributed by atoms with Crippen molar-refractivity contribution >= 4 is 11.9 Å². The lowest BCUT2D eigenvalue weighted by molar-refractivity contribution is -0.140. The lowest BCUT2D eigenvalue weighted by atomic mass is 10.0. The fourth-order valence-corrected chi connectivity index (χ4v) is 3.74. The lowest BCUT2D eigenvalue weighted by Crippen LogP contribution is -2.30. The minimum Gasteiger partial charge on any atom is -0.481 e. The van der Waals surface area contributed by atoms with Crippen LogP contribution in [-0.2, 0) is 9.59 Å². The van der Waals surface area contributed by atoms with Gasteiger partial charge in [-0.3, -0.25) is 9.59 Å². The molecular formula is C15H25NO3. The van der Waals surface area contributed by atoms with Gasteiger partial charge in [-0.25, -0.2) is 0 Å². The molecule has 1 amide bonds. The highest BCUT2D eigenvalue weighted by molar-refractivity contribution is 5.91. The Balaban J connectivity index is 1.90. The first kappa shape index (κ1) is 14.4. The number of hydrogen-bond acceptors (Lipinski definition) is 2. The molecule has 0 saturated heterocycles. The first-order valence-corrected chi connectivity index (χ1v) is 6.96. The maximum absolute atomic E-state index is 12.1. The monoisotopic (exact) mass is 267 g/mol. The number of carboxylic acid groups (broad SMARTS) is 1. The molecular weight excluding hydrogens is 242 g/mol. The molecule has 4 heteroatoms. The average molecular weight is 267 g/mol. The molecule has 0 aromatic carbocycles. The van der Waals surface area contributed by atoms with Gasteiger partial charge in [0.05, 0.1) is 11.8 Å². The van der Waals surface area contributed by atoms with E-state index in [-0.39, 0.29) is 22.7 Å². The summed E-state index contributed by atoms with van der Waals surface area (Å²) in [5.41, 5.74) is 0.0710. The smallest absolute Gasteiger partial charge is 0.307 e. The Kier molecular flexibility index (Phi) is 2.82. The van der Waals surface area contributed by atoms with Gasteiger partial charge in [0.25, 0.3) is 0 Å². The molecule has 2 saturated carbocycles. The van der Waals surface area contributed by atoms with Crippen LogP contribution >= 0.6 is 0 Å². The van der Waals surface area contributed by atoms with Gasteiger partial charge in [-0.1, -0.05) is 41.5 Å². The van der Waals surface area contributed by atoms with Crippen LogP contribution in [0.1, 0.15) is 41.5 Å². The molecule has 2 aliphatic rings. The first-order chi connectivity index (χ1) is 8.45. The zero-order chi connectivity index (χ0) is 14.8. The van der Waals surface area contributed by atoms with Crippen LogP contribution in [0.4, 0.5) is 0 Å². The molecule has 19 heavy (non-hydrogen) atoms. The minimum absolute atomic E-state index is 0.101. The Hall–Kier alpha value is -1.06. The number of hydrogen-bond donors (Lipinski definition) is 2. The third-order valence-corrected chi connectivity index (χ3v) is 6.18. The van der Waals surface area contributed by atoms with E-state index >= 15 is 0 Å². The van der Waals surface area contributed by atoms with Crippen molar-refractivity contribution in [2.45, 2.75) is 41.5 Å². The molecule has 2 atom stereocenters. The summed E-state index contributed by atoms with van der Waals surface area (Å²) in [6, 6.07) is 0. The average Bonchev–Trinajstić information content (AvgIpc) is 2.93. The number of nitrogens with one attached hydrogen (secondary N) is 1. The molecule has 0 aromatic rings. The summed E-state index contributed by atoms with van der Waals surface area (Å²) in [4.78, 5) is 23.2. The van der Waals surface area contributed by atoms with Crippen molar-refractivity contribution in [2.24, 2.45) is 34.0 Å². The van der Waals surface area contributed by atoms with Gasteiger partial charge in [0.2, 0.25) is 5.91 Å². The van der Waals surface area contributed by atoms with Crippen LogP contribution < -0.4 is 5.32 Å². The fraction of sp³-hybridized carbons (Fsp3) is 0.867. The van der Waals surface area contributed by atoms with E-state index in [9.17, 15) is 9.59 Å². The van der Waals surface area contributed by atoms with E-state index in [0.717, 1.165) is 0 Å². The molecule has 0 radical (unpaired) electrons. The van der Waals surface area contributed by atoms with Crippen molar-refractivity contribution in [3.05, 3.63) is 0 Å². The summed E-state index contributed by atoms with van der Waals surface area (Å²) in [6.07, 6.45) is 0. The van der Waals surface area contributed by atoms with Crippen LogP contribution in [0.15, 0.2) is 0 Å². The number of aliphatic carboxylic acids is 1. The van der Waals surface area contributed by atoms with Crippen molar-refractivity contribution in [2.75, 3.05) is 6.54 Å². The van der Waals surface area contributed by atoms with Gasteiger partial charge in [-0.2, -0.15) is 0 Å². The molecule has 2 N–H and O–H groups in total. The van der Waals surface area contributed by atoms with E-state index < -0.39 is 17.3 Å². The number of amides is 1. The highest BCUT2D eigenvalue weighted by atomic mass is 16.4. The molecule has 4 nitrogen and oxygen atoms in total. The number of carbonyl (C=O) groups excluding carboxylic acids is 1. The van der Waals surface area contributed by atoms with E-state index in [1.807, 2.05) is 13.8 Å². The molecule has 0 spiro atoms. The van der Waals surface area contributed by atoms with E-state index in [0.29, 0.717) is 12.5 Å². The number of rotatable bonds is 4. The van der Waals surface area contributed by atoms with Gasteiger partial charge in [0.15, 0.2) is 0 Å². The largest absolute Gasteiger partial charge is 0.481 e. The Labute approximate surface area is 115 Å². The summed E-state index contributed by atoms with van der Waals surface area (Å²) >= 11 is 0. The van der Waals surface area contributed by atoms with Gasteiger partial charge in [0.1, 0.15) is 0 Å². The predicted molar refractivity (Wildman–Crippen MR) is 72.5 cm³/mol. The van der Waals surface area contributed by atoms with Crippen LogP contribution in [0.2, 0.25) is 0 Å². The van der Waals surface area contributed by atoms with Crippen LogP contribution in [-0.4, -0.2) is 23.5 Å². The summed E-state index contributed by atoms with van der Waals surface area (Å²) in [6.45, 7) is 13.2. The molecule has 2 aliphatic carbocycles. The van der Waals surface area contributed by atoms with E-state index in [2.05, 4.69) is 33.0 Å². The molecule has 0 unspecified atom stereocenters. The number of carbonyl (C=O) groups is 2. The van der Waals surface area contributed by atoms with E-state index in [1.165, 1.54) is 0 Å². The quantitative estimate of drug-likeness (QED) is 0.820. The normalized spacial score (nSPS) is 33.6. The summed E-state index contributed by atoms with van der Waals surface area (Å²) < 4.78 is 0. The third-order valence-electron chi connectivity index (χ3n) is 6.18. The Morgan fingerprint density at radius 1 is 1.00 bits per heavy atom. The SMILES string of the molecule is CC1(C)[C@H](C(=O)O)[C@@H]1C(=O)NCC1C(C)(C)C1(C)C. The molecule has 0 heterocycles. The Morgan fingerprint density at radius 3 is 1.79 bits per heavy atom. The second-order valence-electron chi connectivity index (χ2n) is 7.86. The van der Waals surface area contributed by atoms with Gasteiger partial charge in [-0.15, -0.1) is 0 Å². The van der Waals surface area contributed by atoms with Crippen molar-refractivity contribution in [3.63, 3.8) is 0 Å². The molecule has 0 aliphatic heterocycles. The zero-order valence-corrected chi connectivity index (χ0v) is 12.7. The zero-order valence-electron chi connectivity index (χ0n) is 12.7. The maximum Gasteiger partial charge on any atom is 0.307 e. The van der Waals surface area contributed by atoms with Crippen LogP contribution in [0, 0.1) is 34.0 Å². The molecule has 2 rings (SSSR count). The van der Waals surface area contributed by atoms with Crippen LogP contribution in [0.5, 0.6) is 0 Å². The highest BCUT2D eigenvalue weighted by Crippen LogP contribution is 2.68. The lowest BCUT2D eigenvalue weighted by Gasteiger charge is -2.07. The van der Waals surface area contributed by atoms with Crippen molar-refractivity contribution in [1.82, 2.24) is 5.32 Å². The van der Waals surface area contributed by atoms with Gasteiger partial charge in [0, 0.05) is 6.54 Å². The van der Waals surface area contributed by atoms with Crippen molar-refractivity contribution in [1.29, 1.82) is 0 Å². The molecule has 2 fully saturated rings. The second kappa shape index (κ2) is 3.74. The maximum atomic E-state index is 12.1. The fourth-order valence-electron chi connectivity index (χ4n) is 3.74. The Morgan fingerprint density at radius 2 is 1.47 bits per heavy atom.